The van der Waals surface area contributed by atoms with E-state index < -0.39 is 5.41 Å². The van der Waals surface area contributed by atoms with Crippen LogP contribution in [0, 0.1) is 0 Å². The average molecular weight is 801 g/mol. The Labute approximate surface area is 367 Å². The summed E-state index contributed by atoms with van der Waals surface area (Å²) >= 11 is 0. The molecule has 63 heavy (non-hydrogen) atoms. The van der Waals surface area contributed by atoms with Gasteiger partial charge >= 0.3 is 0 Å². The minimum absolute atomic E-state index is 0.566. The van der Waals surface area contributed by atoms with Crippen LogP contribution in [0.4, 0.5) is 34.1 Å². The van der Waals surface area contributed by atoms with Crippen molar-refractivity contribution in [3.8, 4) is 22.3 Å². The second-order valence-electron chi connectivity index (χ2n) is 16.8. The van der Waals surface area contributed by atoms with Crippen molar-refractivity contribution in [2.45, 2.75) is 5.41 Å². The summed E-state index contributed by atoms with van der Waals surface area (Å²) in [4.78, 5) is 4.93. The van der Waals surface area contributed by atoms with Crippen LogP contribution in [0.15, 0.2) is 243 Å². The molecule has 2 aliphatic carbocycles. The molecule has 1 spiro atoms. The third-order valence-corrected chi connectivity index (χ3v) is 13.6. The number of benzene rings is 11. The van der Waals surface area contributed by atoms with Crippen LogP contribution in [0.1, 0.15) is 22.3 Å². The van der Waals surface area contributed by atoms with Gasteiger partial charge in [-0.15, -0.1) is 0 Å². The molecule has 0 amide bonds. The number of hydrogen-bond acceptors (Lipinski definition) is 2. The summed E-state index contributed by atoms with van der Waals surface area (Å²) in [6.07, 6.45) is 0. The average Bonchev–Trinajstić information content (AvgIpc) is 3.82. The van der Waals surface area contributed by atoms with Crippen molar-refractivity contribution >= 4 is 66.4 Å². The van der Waals surface area contributed by atoms with E-state index in [1.54, 1.807) is 0 Å². The molecule has 13 rings (SSSR count). The Morgan fingerprint density at radius 1 is 0.254 bits per heavy atom. The molecule has 0 heterocycles. The van der Waals surface area contributed by atoms with Crippen molar-refractivity contribution in [2.24, 2.45) is 0 Å². The van der Waals surface area contributed by atoms with E-state index in [1.807, 2.05) is 0 Å². The van der Waals surface area contributed by atoms with Crippen LogP contribution < -0.4 is 9.80 Å². The third-order valence-electron chi connectivity index (χ3n) is 13.6. The van der Waals surface area contributed by atoms with E-state index in [9.17, 15) is 0 Å². The maximum atomic E-state index is 2.50. The lowest BCUT2D eigenvalue weighted by Gasteiger charge is -2.33. The molecule has 0 bridgehead atoms. The predicted octanol–water partition coefficient (Wildman–Crippen LogP) is 16.4. The molecule has 11 aromatic rings. The Morgan fingerprint density at radius 2 is 0.778 bits per heavy atom. The minimum atomic E-state index is -0.566. The molecule has 0 saturated heterocycles. The van der Waals surface area contributed by atoms with Gasteiger partial charge in [0.1, 0.15) is 0 Å². The molecule has 2 heteroatoms. The zero-order valence-electron chi connectivity index (χ0n) is 34.5. The molecular weight excluding hydrogens is 761 g/mol. The van der Waals surface area contributed by atoms with Crippen LogP contribution in [-0.2, 0) is 5.41 Å². The summed E-state index contributed by atoms with van der Waals surface area (Å²) in [6.45, 7) is 0. The smallest absolute Gasteiger partial charge is 0.0727 e. The molecule has 0 aliphatic heterocycles. The Kier molecular flexibility index (Phi) is 7.85. The number of anilines is 6. The highest BCUT2D eigenvalue weighted by Crippen LogP contribution is 2.65. The molecule has 0 saturated carbocycles. The van der Waals surface area contributed by atoms with Crippen molar-refractivity contribution in [3.63, 3.8) is 0 Å². The summed E-state index contributed by atoms with van der Waals surface area (Å²) in [5.74, 6) is 0. The van der Waals surface area contributed by atoms with Crippen molar-refractivity contribution in [1.82, 2.24) is 0 Å². The van der Waals surface area contributed by atoms with Crippen molar-refractivity contribution < 1.29 is 0 Å². The molecule has 294 valence electrons. The maximum Gasteiger partial charge on any atom is 0.0727 e. The van der Waals surface area contributed by atoms with Crippen molar-refractivity contribution in [1.29, 1.82) is 0 Å². The lowest BCUT2D eigenvalue weighted by atomic mass is 9.70. The first kappa shape index (κ1) is 35.5. The lowest BCUT2D eigenvalue weighted by Crippen LogP contribution is -2.26. The highest BCUT2D eigenvalue weighted by Gasteiger charge is 2.52. The molecule has 0 N–H and O–H groups in total. The Balaban J connectivity index is 1.09. The molecule has 0 fully saturated rings. The number of rotatable bonds is 6. The first-order chi connectivity index (χ1) is 31.3. The number of para-hydroxylation sites is 2. The van der Waals surface area contributed by atoms with Gasteiger partial charge in [-0.1, -0.05) is 182 Å². The second-order valence-corrected chi connectivity index (χ2v) is 16.8. The van der Waals surface area contributed by atoms with E-state index in [0.717, 1.165) is 34.1 Å². The standard InChI is InChI=1S/C61H40N2/c1-3-21-44(22-4-1)62(46-35-34-41-18-7-8-19-42(41)38-46)58-33-17-32-56-60(58)53-29-14-16-31-55(53)61(56)54-30-15-13-27-50(54)51-37-36-47(40-57(51)61)63(45-23-5-2-6-24-45)59-39-43-20-9-10-25-48(43)49-26-11-12-28-52(49)59/h1-40H. The van der Waals surface area contributed by atoms with Crippen LogP contribution in [0.3, 0.4) is 0 Å². The van der Waals surface area contributed by atoms with Gasteiger partial charge in [-0.3, -0.25) is 0 Å². The fourth-order valence-electron chi connectivity index (χ4n) is 11.0. The molecule has 0 radical (unpaired) electrons. The molecule has 1 atom stereocenters. The zero-order chi connectivity index (χ0) is 41.5. The SMILES string of the molecule is c1ccc(N(c2ccc3ccccc3c2)c2cccc3c2-c2ccccc2C32c3ccccc3-c3ccc(N(c4ccccc4)c4cc5ccccc5c5ccccc45)cc32)cc1. The Morgan fingerprint density at radius 3 is 1.54 bits per heavy atom. The van der Waals surface area contributed by atoms with Crippen LogP contribution >= 0.6 is 0 Å². The van der Waals surface area contributed by atoms with Crippen LogP contribution in [0.5, 0.6) is 0 Å². The quantitative estimate of drug-likeness (QED) is 0.155. The van der Waals surface area contributed by atoms with Crippen LogP contribution in [0.2, 0.25) is 0 Å². The summed E-state index contributed by atoms with van der Waals surface area (Å²) in [7, 11) is 0. The van der Waals surface area contributed by atoms with E-state index in [2.05, 4.69) is 252 Å². The zero-order valence-corrected chi connectivity index (χ0v) is 34.5. The highest BCUT2D eigenvalue weighted by molar-refractivity contribution is 6.15. The van der Waals surface area contributed by atoms with Gasteiger partial charge in [-0.2, -0.15) is 0 Å². The largest absolute Gasteiger partial charge is 0.310 e. The van der Waals surface area contributed by atoms with Gasteiger partial charge in [0, 0.05) is 33.7 Å². The molecular formula is C61H40N2. The van der Waals surface area contributed by atoms with E-state index in [1.165, 1.54) is 76.8 Å². The predicted molar refractivity (Wildman–Crippen MR) is 265 cm³/mol. The van der Waals surface area contributed by atoms with Crippen LogP contribution in [0.25, 0.3) is 54.6 Å². The normalized spacial score (nSPS) is 14.4. The fourth-order valence-corrected chi connectivity index (χ4v) is 11.0. The first-order valence-corrected chi connectivity index (χ1v) is 21.8. The van der Waals surface area contributed by atoms with Crippen LogP contribution in [-0.4, -0.2) is 0 Å². The van der Waals surface area contributed by atoms with Gasteiger partial charge in [-0.25, -0.2) is 0 Å². The number of hydrogen-bond donors (Lipinski definition) is 0. The van der Waals surface area contributed by atoms with E-state index in [0.29, 0.717) is 0 Å². The third kappa shape index (κ3) is 5.19. The van der Waals surface area contributed by atoms with Crippen molar-refractivity contribution in [3.05, 3.63) is 265 Å². The van der Waals surface area contributed by atoms with Gasteiger partial charge < -0.3 is 9.80 Å². The molecule has 2 nitrogen and oxygen atoms in total. The second kappa shape index (κ2) is 13.9. The molecule has 1 unspecified atom stereocenters. The van der Waals surface area contributed by atoms with Gasteiger partial charge in [0.2, 0.25) is 0 Å². The highest BCUT2D eigenvalue weighted by atomic mass is 15.2. The first-order valence-electron chi connectivity index (χ1n) is 21.8. The summed E-state index contributed by atoms with van der Waals surface area (Å²) < 4.78 is 0. The fraction of sp³-hybridized carbons (Fsp3) is 0.0164. The topological polar surface area (TPSA) is 6.48 Å². The Bertz CT molecular complexity index is 3590. The summed E-state index contributed by atoms with van der Waals surface area (Å²) in [5.41, 5.74) is 16.5. The number of nitrogens with zero attached hydrogens (tertiary/aromatic N) is 2. The molecule has 11 aromatic carbocycles. The summed E-state index contributed by atoms with van der Waals surface area (Å²) in [6, 6.07) is 89.7. The van der Waals surface area contributed by atoms with Crippen molar-refractivity contribution in [2.75, 3.05) is 9.80 Å². The number of fused-ring (bicyclic) bond motifs is 14. The maximum absolute atomic E-state index is 2.50. The monoisotopic (exact) mass is 800 g/mol. The summed E-state index contributed by atoms with van der Waals surface area (Å²) in [5, 5.41) is 7.39. The van der Waals surface area contributed by atoms with E-state index in [-0.39, 0.29) is 0 Å². The van der Waals surface area contributed by atoms with Gasteiger partial charge in [0.05, 0.1) is 16.8 Å². The van der Waals surface area contributed by atoms with Gasteiger partial charge in [0.25, 0.3) is 0 Å². The lowest BCUT2D eigenvalue weighted by molar-refractivity contribution is 0.793. The van der Waals surface area contributed by atoms with Gasteiger partial charge in [0.15, 0.2) is 0 Å². The molecule has 0 aromatic heterocycles. The Hall–Kier alpha value is -8.20. The van der Waals surface area contributed by atoms with E-state index in [4.69, 9.17) is 0 Å². The minimum Gasteiger partial charge on any atom is -0.310 e. The molecule has 2 aliphatic rings. The van der Waals surface area contributed by atoms with E-state index >= 15 is 0 Å². The van der Waals surface area contributed by atoms with Gasteiger partial charge in [-0.05, 0) is 127 Å².